The Hall–Kier alpha value is -3.29. The van der Waals surface area contributed by atoms with Gasteiger partial charge in [0.15, 0.2) is 22.9 Å². The molecule has 1 amide bonds. The Morgan fingerprint density at radius 3 is 2.61 bits per heavy atom. The van der Waals surface area contributed by atoms with Crippen molar-refractivity contribution in [2.24, 2.45) is 0 Å². The summed E-state index contributed by atoms with van der Waals surface area (Å²) in [6, 6.07) is 13.1. The van der Waals surface area contributed by atoms with Crippen molar-refractivity contribution in [3.63, 3.8) is 0 Å². The molecule has 1 aliphatic rings. The predicted octanol–water partition coefficient (Wildman–Crippen LogP) is 4.62. The number of furan rings is 1. The summed E-state index contributed by atoms with van der Waals surface area (Å²) < 4.78 is 11.1. The number of hydrogen-bond donors (Lipinski definition) is 1. The highest BCUT2D eigenvalue weighted by atomic mass is 35.5. The Bertz CT molecular complexity index is 1230. The maximum absolute atomic E-state index is 13.6. The molecule has 3 aromatic rings. The van der Waals surface area contributed by atoms with Gasteiger partial charge in [-0.25, -0.2) is 0 Å². The largest absolute Gasteiger partial charge is 0.503 e. The predicted molar refractivity (Wildman–Crippen MR) is 126 cm³/mol. The van der Waals surface area contributed by atoms with Crippen LogP contribution < -0.4 is 4.74 Å². The van der Waals surface area contributed by atoms with E-state index in [9.17, 15) is 14.7 Å². The van der Waals surface area contributed by atoms with Crippen LogP contribution in [-0.4, -0.2) is 60.9 Å². The number of halogens is 1. The number of Topliss-reactive ketones (excluding diaryl/α,β-unsaturated/α-hetero) is 1. The Balaban J connectivity index is 1.76. The van der Waals surface area contributed by atoms with Crippen LogP contribution in [0.2, 0.25) is 5.02 Å². The standard InChI is InChI=1S/C25H25ClN2O5/c1-27(2)12-5-13-28-21(15-8-10-17(26)11-9-15)20(23(30)25(28)31)22(29)19-14-16-6-4-7-18(32-3)24(16)33-19/h4,6-11,14,21,30H,5,12-13H2,1-3H3/t21-/m1/s1. The van der Waals surface area contributed by atoms with Gasteiger partial charge in [0.25, 0.3) is 5.91 Å². The zero-order valence-corrected chi connectivity index (χ0v) is 19.4. The van der Waals surface area contributed by atoms with E-state index >= 15 is 0 Å². The van der Waals surface area contributed by atoms with Gasteiger partial charge in [-0.05, 0) is 56.9 Å². The summed E-state index contributed by atoms with van der Waals surface area (Å²) in [5, 5.41) is 12.0. The van der Waals surface area contributed by atoms with Crippen LogP contribution in [-0.2, 0) is 4.79 Å². The first-order chi connectivity index (χ1) is 15.8. The first-order valence-electron chi connectivity index (χ1n) is 10.6. The third kappa shape index (κ3) is 4.34. The number of nitrogens with zero attached hydrogens (tertiary/aromatic N) is 2. The van der Waals surface area contributed by atoms with Gasteiger partial charge in [-0.15, -0.1) is 0 Å². The van der Waals surface area contributed by atoms with Crippen molar-refractivity contribution >= 4 is 34.3 Å². The minimum absolute atomic E-state index is 0.00908. The molecule has 0 saturated carbocycles. The molecule has 1 aromatic heterocycles. The van der Waals surface area contributed by atoms with Crippen molar-refractivity contribution < 1.29 is 23.8 Å². The van der Waals surface area contributed by atoms with E-state index in [4.69, 9.17) is 20.8 Å². The Labute approximate surface area is 196 Å². The van der Waals surface area contributed by atoms with Crippen molar-refractivity contribution in [2.75, 3.05) is 34.3 Å². The fourth-order valence-corrected chi connectivity index (χ4v) is 4.23. The molecule has 1 atom stereocenters. The van der Waals surface area contributed by atoms with E-state index in [0.717, 1.165) is 6.54 Å². The molecule has 0 aliphatic carbocycles. The molecule has 0 bridgehead atoms. The Morgan fingerprint density at radius 2 is 1.94 bits per heavy atom. The normalized spacial score (nSPS) is 16.3. The van der Waals surface area contributed by atoms with Crippen LogP contribution in [0.25, 0.3) is 11.0 Å². The van der Waals surface area contributed by atoms with E-state index in [1.165, 1.54) is 12.0 Å². The lowest BCUT2D eigenvalue weighted by Crippen LogP contribution is -2.33. The van der Waals surface area contributed by atoms with Gasteiger partial charge in [-0.1, -0.05) is 35.9 Å². The Morgan fingerprint density at radius 1 is 1.21 bits per heavy atom. The molecule has 172 valence electrons. The number of fused-ring (bicyclic) bond motifs is 1. The van der Waals surface area contributed by atoms with Crippen molar-refractivity contribution in [3.05, 3.63) is 76.2 Å². The van der Waals surface area contributed by atoms with Crippen LogP contribution in [0, 0.1) is 0 Å². The van der Waals surface area contributed by atoms with Crippen LogP contribution in [0.4, 0.5) is 0 Å². The number of hydrogen-bond acceptors (Lipinski definition) is 6. The Kier molecular flexibility index (Phi) is 6.44. The maximum Gasteiger partial charge on any atom is 0.290 e. The molecule has 7 nitrogen and oxygen atoms in total. The van der Waals surface area contributed by atoms with E-state index < -0.39 is 23.5 Å². The number of ketones is 1. The number of carbonyl (C=O) groups is 2. The van der Waals surface area contributed by atoms with Gasteiger partial charge in [0.2, 0.25) is 5.78 Å². The molecule has 0 fully saturated rings. The number of aliphatic hydroxyl groups excluding tert-OH is 1. The summed E-state index contributed by atoms with van der Waals surface area (Å²) in [7, 11) is 5.41. The first-order valence-corrected chi connectivity index (χ1v) is 10.9. The summed E-state index contributed by atoms with van der Waals surface area (Å²) in [6.07, 6.45) is 0.680. The number of para-hydroxylation sites is 1. The molecule has 2 aromatic carbocycles. The van der Waals surface area contributed by atoms with Crippen LogP contribution in [0.15, 0.2) is 64.3 Å². The lowest BCUT2D eigenvalue weighted by molar-refractivity contribution is -0.129. The summed E-state index contributed by atoms with van der Waals surface area (Å²) in [4.78, 5) is 30.2. The van der Waals surface area contributed by atoms with Crippen LogP contribution in [0.3, 0.4) is 0 Å². The molecule has 2 heterocycles. The molecular weight excluding hydrogens is 444 g/mol. The fraction of sp³-hybridized carbons (Fsp3) is 0.280. The molecule has 8 heteroatoms. The number of carbonyl (C=O) groups excluding carboxylic acids is 2. The highest BCUT2D eigenvalue weighted by Gasteiger charge is 2.44. The molecule has 33 heavy (non-hydrogen) atoms. The number of ether oxygens (including phenoxy) is 1. The van der Waals surface area contributed by atoms with Gasteiger partial charge in [0, 0.05) is 17.0 Å². The van der Waals surface area contributed by atoms with Crippen molar-refractivity contribution in [1.82, 2.24) is 9.80 Å². The van der Waals surface area contributed by atoms with Crippen molar-refractivity contribution in [3.8, 4) is 5.75 Å². The highest BCUT2D eigenvalue weighted by Crippen LogP contribution is 2.40. The van der Waals surface area contributed by atoms with Gasteiger partial charge < -0.3 is 24.1 Å². The van der Waals surface area contributed by atoms with Gasteiger partial charge >= 0.3 is 0 Å². The van der Waals surface area contributed by atoms with Gasteiger partial charge in [0.05, 0.1) is 18.7 Å². The van der Waals surface area contributed by atoms with E-state index in [0.29, 0.717) is 40.3 Å². The maximum atomic E-state index is 13.6. The molecular formula is C25H25ClN2O5. The SMILES string of the molecule is COc1cccc2cc(C(=O)C3=C(O)C(=O)N(CCCN(C)C)[C@@H]3c3ccc(Cl)cc3)oc12. The molecule has 0 saturated heterocycles. The summed E-state index contributed by atoms with van der Waals surface area (Å²) in [5.41, 5.74) is 1.10. The summed E-state index contributed by atoms with van der Waals surface area (Å²) in [6.45, 7) is 1.13. The lowest BCUT2D eigenvalue weighted by Gasteiger charge is -2.27. The van der Waals surface area contributed by atoms with E-state index in [-0.39, 0.29) is 11.3 Å². The second kappa shape index (κ2) is 9.29. The van der Waals surface area contributed by atoms with Crippen molar-refractivity contribution in [1.29, 1.82) is 0 Å². The van der Waals surface area contributed by atoms with Crippen LogP contribution >= 0.6 is 11.6 Å². The molecule has 0 radical (unpaired) electrons. The minimum atomic E-state index is -0.750. The van der Waals surface area contributed by atoms with Gasteiger partial charge in [-0.3, -0.25) is 9.59 Å². The molecule has 0 spiro atoms. The average Bonchev–Trinajstić information content (AvgIpc) is 3.34. The van der Waals surface area contributed by atoms with E-state index in [2.05, 4.69) is 0 Å². The van der Waals surface area contributed by atoms with Gasteiger partial charge in [0.1, 0.15) is 0 Å². The lowest BCUT2D eigenvalue weighted by atomic mass is 9.95. The number of methoxy groups -OCH3 is 1. The third-order valence-corrected chi connectivity index (χ3v) is 5.94. The highest BCUT2D eigenvalue weighted by molar-refractivity contribution is 6.30. The smallest absolute Gasteiger partial charge is 0.290 e. The number of benzene rings is 2. The second-order valence-electron chi connectivity index (χ2n) is 8.19. The quantitative estimate of drug-likeness (QED) is 0.485. The third-order valence-electron chi connectivity index (χ3n) is 5.69. The number of rotatable bonds is 8. The van der Waals surface area contributed by atoms with Crippen LogP contribution in [0.1, 0.15) is 28.6 Å². The van der Waals surface area contributed by atoms with E-state index in [1.54, 1.807) is 48.5 Å². The van der Waals surface area contributed by atoms with Gasteiger partial charge in [-0.2, -0.15) is 0 Å². The molecule has 0 unspecified atom stereocenters. The zero-order valence-electron chi connectivity index (χ0n) is 18.7. The topological polar surface area (TPSA) is 83.2 Å². The number of aliphatic hydroxyl groups is 1. The first kappa shape index (κ1) is 22.9. The average molecular weight is 469 g/mol. The minimum Gasteiger partial charge on any atom is -0.503 e. The van der Waals surface area contributed by atoms with Crippen LogP contribution in [0.5, 0.6) is 5.75 Å². The fourth-order valence-electron chi connectivity index (χ4n) is 4.11. The zero-order chi connectivity index (χ0) is 23.7. The molecule has 1 N–H and O–H groups in total. The number of amides is 1. The monoisotopic (exact) mass is 468 g/mol. The molecule has 4 rings (SSSR count). The molecule has 1 aliphatic heterocycles. The summed E-state index contributed by atoms with van der Waals surface area (Å²) in [5.74, 6) is -1.16. The van der Waals surface area contributed by atoms with Crippen molar-refractivity contribution in [2.45, 2.75) is 12.5 Å². The summed E-state index contributed by atoms with van der Waals surface area (Å²) >= 11 is 6.06. The van der Waals surface area contributed by atoms with E-state index in [1.807, 2.05) is 19.0 Å². The second-order valence-corrected chi connectivity index (χ2v) is 8.63.